The molecule has 0 aliphatic heterocycles. The molecule has 0 spiro atoms. The van der Waals surface area contributed by atoms with E-state index in [0.717, 1.165) is 5.56 Å². The van der Waals surface area contributed by atoms with Gasteiger partial charge in [0.2, 0.25) is 5.91 Å². The smallest absolute Gasteiger partial charge is 0.309 e. The minimum Gasteiger partial charge on any atom is -0.504 e. The highest BCUT2D eigenvalue weighted by atomic mass is 16.5. The Morgan fingerprint density at radius 3 is 2.58 bits per heavy atom. The van der Waals surface area contributed by atoms with Crippen molar-refractivity contribution in [2.75, 3.05) is 7.11 Å². The molecule has 0 atom stereocenters. The summed E-state index contributed by atoms with van der Waals surface area (Å²) in [4.78, 5) is 23.2. The van der Waals surface area contributed by atoms with Crippen LogP contribution in [0.1, 0.15) is 38.2 Å². The number of hydrogen-bond acceptors (Lipinski definition) is 4. The Morgan fingerprint density at radius 2 is 2.00 bits per heavy atom. The van der Waals surface area contributed by atoms with Crippen molar-refractivity contribution < 1.29 is 24.5 Å². The Kier molecular flexibility index (Phi) is 5.49. The zero-order chi connectivity index (χ0) is 17.7. The third-order valence-corrected chi connectivity index (χ3v) is 4.58. The highest BCUT2D eigenvalue weighted by Crippen LogP contribution is 2.36. The Morgan fingerprint density at radius 1 is 1.33 bits per heavy atom. The number of phenols is 1. The van der Waals surface area contributed by atoms with Crippen molar-refractivity contribution in [1.82, 2.24) is 5.32 Å². The molecule has 1 aliphatic rings. The quantitative estimate of drug-likeness (QED) is 0.720. The SMILES string of the molecule is COc1cc(C=CC(=O)N[C@H]2CC[C@](C)(C(=O)O)CC2)ccc1O. The molecular formula is C18H23NO5. The fourth-order valence-corrected chi connectivity index (χ4v) is 2.83. The highest BCUT2D eigenvalue weighted by Gasteiger charge is 2.37. The lowest BCUT2D eigenvalue weighted by atomic mass is 9.74. The average molecular weight is 333 g/mol. The van der Waals surface area contributed by atoms with Crippen molar-refractivity contribution in [1.29, 1.82) is 0 Å². The molecular weight excluding hydrogens is 310 g/mol. The van der Waals surface area contributed by atoms with Crippen molar-refractivity contribution in [3.63, 3.8) is 0 Å². The van der Waals surface area contributed by atoms with Gasteiger partial charge in [0.15, 0.2) is 11.5 Å². The Hall–Kier alpha value is -2.50. The topological polar surface area (TPSA) is 95.9 Å². The number of carbonyl (C=O) groups is 2. The fourth-order valence-electron chi connectivity index (χ4n) is 2.83. The number of ether oxygens (including phenoxy) is 1. The molecule has 0 saturated heterocycles. The van der Waals surface area contributed by atoms with Gasteiger partial charge in [-0.1, -0.05) is 6.07 Å². The van der Waals surface area contributed by atoms with E-state index in [0.29, 0.717) is 31.4 Å². The largest absolute Gasteiger partial charge is 0.504 e. The van der Waals surface area contributed by atoms with Gasteiger partial charge in [-0.15, -0.1) is 0 Å². The summed E-state index contributed by atoms with van der Waals surface area (Å²) < 4.78 is 5.02. The maximum atomic E-state index is 12.0. The standard InChI is InChI=1S/C18H23NO5/c1-18(17(22)23)9-7-13(8-10-18)19-16(21)6-4-12-3-5-14(20)15(11-12)24-2/h3-6,11,13,20H,7-10H2,1-2H3,(H,19,21)(H,22,23)/t13-,18-. The molecule has 0 radical (unpaired) electrons. The van der Waals surface area contributed by atoms with Gasteiger partial charge < -0.3 is 20.3 Å². The number of phenolic OH excluding ortho intramolecular Hbond substituents is 1. The monoisotopic (exact) mass is 333 g/mol. The van der Waals surface area contributed by atoms with Gasteiger partial charge in [-0.05, 0) is 56.4 Å². The van der Waals surface area contributed by atoms with Crippen LogP contribution in [0.15, 0.2) is 24.3 Å². The minimum absolute atomic E-state index is 0.00364. The first kappa shape index (κ1) is 17.8. The number of nitrogens with one attached hydrogen (secondary N) is 1. The van der Waals surface area contributed by atoms with Gasteiger partial charge in [0.1, 0.15) is 0 Å². The maximum absolute atomic E-state index is 12.0. The van der Waals surface area contributed by atoms with Gasteiger partial charge in [0.25, 0.3) is 0 Å². The second kappa shape index (κ2) is 7.38. The van der Waals surface area contributed by atoms with E-state index >= 15 is 0 Å². The summed E-state index contributed by atoms with van der Waals surface area (Å²) in [6, 6.07) is 4.83. The fraction of sp³-hybridized carbons (Fsp3) is 0.444. The second-order valence-electron chi connectivity index (χ2n) is 6.41. The van der Waals surface area contributed by atoms with Crippen molar-refractivity contribution in [3.05, 3.63) is 29.8 Å². The molecule has 24 heavy (non-hydrogen) atoms. The second-order valence-corrected chi connectivity index (χ2v) is 6.41. The molecule has 0 unspecified atom stereocenters. The molecule has 3 N–H and O–H groups in total. The first-order chi connectivity index (χ1) is 11.3. The summed E-state index contributed by atoms with van der Waals surface area (Å²) in [5.41, 5.74) is 0.0570. The summed E-state index contributed by atoms with van der Waals surface area (Å²) in [6.45, 7) is 1.76. The number of methoxy groups -OCH3 is 1. The average Bonchev–Trinajstić information content (AvgIpc) is 2.56. The first-order valence-electron chi connectivity index (χ1n) is 7.93. The van der Waals surface area contributed by atoms with Crippen LogP contribution in [0.3, 0.4) is 0 Å². The molecule has 0 bridgehead atoms. The molecule has 1 aliphatic carbocycles. The minimum atomic E-state index is -0.770. The predicted molar refractivity (Wildman–Crippen MR) is 89.8 cm³/mol. The van der Waals surface area contributed by atoms with E-state index in [1.54, 1.807) is 25.1 Å². The number of carboxylic acids is 1. The van der Waals surface area contributed by atoms with Crippen molar-refractivity contribution in [3.8, 4) is 11.5 Å². The molecule has 6 heteroatoms. The molecule has 1 amide bonds. The molecule has 6 nitrogen and oxygen atoms in total. The van der Waals surface area contributed by atoms with E-state index in [9.17, 15) is 19.8 Å². The lowest BCUT2D eigenvalue weighted by Crippen LogP contribution is -2.41. The summed E-state index contributed by atoms with van der Waals surface area (Å²) in [7, 11) is 1.46. The maximum Gasteiger partial charge on any atom is 0.309 e. The number of carbonyl (C=O) groups excluding carboxylic acids is 1. The molecule has 1 fully saturated rings. The third-order valence-electron chi connectivity index (χ3n) is 4.58. The van der Waals surface area contributed by atoms with Gasteiger partial charge in [0.05, 0.1) is 12.5 Å². The molecule has 130 valence electrons. The third kappa shape index (κ3) is 4.28. The molecule has 1 aromatic carbocycles. The van der Waals surface area contributed by atoms with Crippen LogP contribution in [0.5, 0.6) is 11.5 Å². The van der Waals surface area contributed by atoms with Crippen LogP contribution in [0.4, 0.5) is 0 Å². The van der Waals surface area contributed by atoms with E-state index in [-0.39, 0.29) is 17.7 Å². The lowest BCUT2D eigenvalue weighted by molar-refractivity contribution is -0.150. The summed E-state index contributed by atoms with van der Waals surface area (Å²) in [5.74, 6) is -0.597. The van der Waals surface area contributed by atoms with Gasteiger partial charge in [0, 0.05) is 12.1 Å². The van der Waals surface area contributed by atoms with Crippen molar-refractivity contribution in [2.24, 2.45) is 5.41 Å². The number of amides is 1. The zero-order valence-electron chi connectivity index (χ0n) is 13.9. The summed E-state index contributed by atoms with van der Waals surface area (Å²) in [6.07, 6.45) is 5.52. The number of hydrogen-bond donors (Lipinski definition) is 3. The summed E-state index contributed by atoms with van der Waals surface area (Å²) >= 11 is 0. The number of aromatic hydroxyl groups is 1. The molecule has 0 aromatic heterocycles. The molecule has 1 saturated carbocycles. The summed E-state index contributed by atoms with van der Waals surface area (Å²) in [5, 5.41) is 21.7. The number of benzene rings is 1. The van der Waals surface area contributed by atoms with Crippen LogP contribution in [-0.2, 0) is 9.59 Å². The number of rotatable bonds is 5. The van der Waals surface area contributed by atoms with Gasteiger partial charge in [-0.2, -0.15) is 0 Å². The van der Waals surface area contributed by atoms with Gasteiger partial charge >= 0.3 is 5.97 Å². The molecule has 1 aromatic rings. The normalized spacial score (nSPS) is 23.8. The Balaban J connectivity index is 1.89. The lowest BCUT2D eigenvalue weighted by Gasteiger charge is -2.34. The van der Waals surface area contributed by atoms with Crippen molar-refractivity contribution in [2.45, 2.75) is 38.6 Å². The van der Waals surface area contributed by atoms with Crippen LogP contribution >= 0.6 is 0 Å². The van der Waals surface area contributed by atoms with E-state index < -0.39 is 11.4 Å². The van der Waals surface area contributed by atoms with Crippen LogP contribution in [0.25, 0.3) is 6.08 Å². The Labute approximate surface area is 141 Å². The van der Waals surface area contributed by atoms with Crippen LogP contribution in [0, 0.1) is 5.41 Å². The predicted octanol–water partition coefficient (Wildman–Crippen LogP) is 2.56. The zero-order valence-corrected chi connectivity index (χ0v) is 13.9. The van der Waals surface area contributed by atoms with E-state index in [2.05, 4.69) is 5.32 Å². The number of aliphatic carboxylic acids is 1. The van der Waals surface area contributed by atoms with E-state index in [1.165, 1.54) is 19.3 Å². The molecule has 0 heterocycles. The highest BCUT2D eigenvalue weighted by molar-refractivity contribution is 5.92. The van der Waals surface area contributed by atoms with Crippen LogP contribution in [-0.4, -0.2) is 35.2 Å². The first-order valence-corrected chi connectivity index (χ1v) is 7.93. The van der Waals surface area contributed by atoms with Crippen LogP contribution < -0.4 is 10.1 Å². The van der Waals surface area contributed by atoms with Gasteiger partial charge in [-0.25, -0.2) is 0 Å². The van der Waals surface area contributed by atoms with Crippen LogP contribution in [0.2, 0.25) is 0 Å². The van der Waals surface area contributed by atoms with Gasteiger partial charge in [-0.3, -0.25) is 9.59 Å². The molecule has 2 rings (SSSR count). The van der Waals surface area contributed by atoms with Crippen molar-refractivity contribution >= 4 is 18.0 Å². The van der Waals surface area contributed by atoms with E-state index in [4.69, 9.17) is 4.74 Å². The Bertz CT molecular complexity index is 645. The number of carboxylic acid groups (broad SMARTS) is 1. The van der Waals surface area contributed by atoms with E-state index in [1.807, 2.05) is 0 Å².